The SMILES string of the molecule is CCc1ccc(-c2ccnc3[nH]c(-c4ccc(C(=O)N5CCN(C(C)C)CC5)cc4)nc23)cc1. The zero-order valence-electron chi connectivity index (χ0n) is 20.1. The number of H-pyrrole nitrogens is 1. The second kappa shape index (κ2) is 9.39. The molecule has 4 aromatic rings. The molecular weight excluding hydrogens is 422 g/mol. The number of rotatable bonds is 5. The molecule has 5 rings (SSSR count). The van der Waals surface area contributed by atoms with Crippen molar-refractivity contribution in [1.29, 1.82) is 0 Å². The first-order valence-corrected chi connectivity index (χ1v) is 12.1. The maximum atomic E-state index is 13.0. The molecular formula is C28H31N5O. The molecule has 0 bridgehead atoms. The minimum atomic E-state index is 0.0963. The molecule has 174 valence electrons. The summed E-state index contributed by atoms with van der Waals surface area (Å²) in [6.07, 6.45) is 2.83. The molecule has 34 heavy (non-hydrogen) atoms. The molecule has 0 saturated carbocycles. The Balaban J connectivity index is 1.36. The van der Waals surface area contributed by atoms with E-state index in [-0.39, 0.29) is 5.91 Å². The average molecular weight is 454 g/mol. The summed E-state index contributed by atoms with van der Waals surface area (Å²) in [5, 5.41) is 0. The van der Waals surface area contributed by atoms with Crippen LogP contribution in [0.5, 0.6) is 0 Å². The Labute approximate surface area is 200 Å². The maximum absolute atomic E-state index is 13.0. The van der Waals surface area contributed by atoms with E-state index in [0.29, 0.717) is 11.6 Å². The second-order valence-electron chi connectivity index (χ2n) is 9.19. The van der Waals surface area contributed by atoms with E-state index < -0.39 is 0 Å². The number of nitrogens with zero attached hydrogens (tertiary/aromatic N) is 4. The molecule has 1 saturated heterocycles. The van der Waals surface area contributed by atoms with Crippen LogP contribution in [-0.2, 0) is 6.42 Å². The molecule has 1 amide bonds. The number of aromatic amines is 1. The first kappa shape index (κ1) is 22.3. The lowest BCUT2D eigenvalue weighted by atomic mass is 10.0. The Bertz CT molecular complexity index is 1280. The summed E-state index contributed by atoms with van der Waals surface area (Å²) in [6.45, 7) is 9.97. The number of hydrogen-bond donors (Lipinski definition) is 1. The maximum Gasteiger partial charge on any atom is 0.253 e. The number of pyridine rings is 1. The summed E-state index contributed by atoms with van der Waals surface area (Å²) in [6, 6.07) is 18.9. The van der Waals surface area contributed by atoms with Gasteiger partial charge in [-0.2, -0.15) is 0 Å². The molecule has 1 aliphatic rings. The van der Waals surface area contributed by atoms with E-state index in [1.807, 2.05) is 41.4 Å². The second-order valence-corrected chi connectivity index (χ2v) is 9.19. The Morgan fingerprint density at radius 3 is 2.26 bits per heavy atom. The van der Waals surface area contributed by atoms with E-state index >= 15 is 0 Å². The minimum Gasteiger partial charge on any atom is -0.336 e. The van der Waals surface area contributed by atoms with E-state index in [0.717, 1.165) is 66.3 Å². The lowest BCUT2D eigenvalue weighted by Gasteiger charge is -2.37. The van der Waals surface area contributed by atoms with Gasteiger partial charge in [-0.05, 0) is 49.6 Å². The van der Waals surface area contributed by atoms with Crippen LogP contribution in [0.1, 0.15) is 36.7 Å². The van der Waals surface area contributed by atoms with Crippen molar-refractivity contribution in [2.45, 2.75) is 33.2 Å². The van der Waals surface area contributed by atoms with Crippen LogP contribution in [0, 0.1) is 0 Å². The standard InChI is InChI=1S/C28H31N5O/c1-4-20-5-7-21(8-6-20)24-13-14-29-27-25(24)30-26(31-27)22-9-11-23(12-10-22)28(34)33-17-15-32(16-18-33)19(2)3/h5-14,19H,4,15-18H2,1-3H3,(H,29,30,31). The van der Waals surface area contributed by atoms with E-state index in [1.165, 1.54) is 5.56 Å². The topological polar surface area (TPSA) is 65.1 Å². The zero-order valence-corrected chi connectivity index (χ0v) is 20.1. The van der Waals surface area contributed by atoms with Gasteiger partial charge in [0.05, 0.1) is 0 Å². The molecule has 0 spiro atoms. The van der Waals surface area contributed by atoms with Crippen molar-refractivity contribution in [3.8, 4) is 22.5 Å². The molecule has 0 atom stereocenters. The summed E-state index contributed by atoms with van der Waals surface area (Å²) in [5.41, 5.74) is 6.76. The van der Waals surface area contributed by atoms with Crippen molar-refractivity contribution in [2.24, 2.45) is 0 Å². The van der Waals surface area contributed by atoms with Gasteiger partial charge >= 0.3 is 0 Å². The quantitative estimate of drug-likeness (QED) is 0.461. The van der Waals surface area contributed by atoms with Crippen molar-refractivity contribution in [3.63, 3.8) is 0 Å². The van der Waals surface area contributed by atoms with Gasteiger partial charge in [-0.25, -0.2) is 9.97 Å². The highest BCUT2D eigenvalue weighted by molar-refractivity contribution is 5.95. The number of amides is 1. The number of benzene rings is 2. The van der Waals surface area contributed by atoms with Crippen LogP contribution < -0.4 is 0 Å². The van der Waals surface area contributed by atoms with Crippen LogP contribution in [0.4, 0.5) is 0 Å². The number of aryl methyl sites for hydroxylation is 1. The predicted molar refractivity (Wildman–Crippen MR) is 137 cm³/mol. The third-order valence-corrected chi connectivity index (χ3v) is 6.79. The highest BCUT2D eigenvalue weighted by atomic mass is 16.2. The Morgan fingerprint density at radius 2 is 1.62 bits per heavy atom. The van der Waals surface area contributed by atoms with Gasteiger partial charge in [0.15, 0.2) is 5.65 Å². The minimum absolute atomic E-state index is 0.0963. The van der Waals surface area contributed by atoms with Gasteiger partial charge in [-0.15, -0.1) is 0 Å². The van der Waals surface area contributed by atoms with Crippen LogP contribution in [0.25, 0.3) is 33.7 Å². The molecule has 0 radical (unpaired) electrons. The van der Waals surface area contributed by atoms with Gasteiger partial charge in [-0.1, -0.05) is 43.3 Å². The van der Waals surface area contributed by atoms with E-state index in [4.69, 9.17) is 4.98 Å². The Morgan fingerprint density at radius 1 is 0.941 bits per heavy atom. The first-order valence-electron chi connectivity index (χ1n) is 12.1. The molecule has 2 aromatic carbocycles. The molecule has 0 aliphatic carbocycles. The van der Waals surface area contributed by atoms with Crippen LogP contribution in [-0.4, -0.2) is 62.9 Å². The number of nitrogens with one attached hydrogen (secondary N) is 1. The summed E-state index contributed by atoms with van der Waals surface area (Å²) >= 11 is 0. The molecule has 1 fully saturated rings. The van der Waals surface area contributed by atoms with Crippen molar-refractivity contribution >= 4 is 17.1 Å². The number of aromatic nitrogens is 3. The number of fused-ring (bicyclic) bond motifs is 1. The van der Waals surface area contributed by atoms with Gasteiger partial charge < -0.3 is 9.88 Å². The van der Waals surface area contributed by atoms with Crippen molar-refractivity contribution in [3.05, 3.63) is 71.9 Å². The van der Waals surface area contributed by atoms with Crippen LogP contribution in [0.2, 0.25) is 0 Å². The smallest absolute Gasteiger partial charge is 0.253 e. The Hall–Kier alpha value is -3.51. The predicted octanol–water partition coefficient (Wildman–Crippen LogP) is 5.02. The monoisotopic (exact) mass is 453 g/mol. The largest absolute Gasteiger partial charge is 0.336 e. The third-order valence-electron chi connectivity index (χ3n) is 6.79. The zero-order chi connectivity index (χ0) is 23.7. The molecule has 1 aliphatic heterocycles. The fourth-order valence-electron chi connectivity index (χ4n) is 4.59. The van der Waals surface area contributed by atoms with Gasteiger partial charge in [0.25, 0.3) is 5.91 Å². The van der Waals surface area contributed by atoms with Gasteiger partial charge in [-0.3, -0.25) is 9.69 Å². The number of carbonyl (C=O) groups excluding carboxylic acids is 1. The first-order chi connectivity index (χ1) is 16.5. The number of carbonyl (C=O) groups is 1. The lowest BCUT2D eigenvalue weighted by molar-refractivity contribution is 0.0595. The van der Waals surface area contributed by atoms with Gasteiger partial charge in [0.1, 0.15) is 11.3 Å². The summed E-state index contributed by atoms with van der Waals surface area (Å²) < 4.78 is 0. The van der Waals surface area contributed by atoms with E-state index in [9.17, 15) is 4.79 Å². The highest BCUT2D eigenvalue weighted by Gasteiger charge is 2.23. The summed E-state index contributed by atoms with van der Waals surface area (Å²) in [7, 11) is 0. The number of hydrogen-bond acceptors (Lipinski definition) is 4. The van der Waals surface area contributed by atoms with E-state index in [1.54, 1.807) is 0 Å². The molecule has 3 heterocycles. The molecule has 0 unspecified atom stereocenters. The molecule has 6 nitrogen and oxygen atoms in total. The normalized spacial score (nSPS) is 14.8. The molecule has 2 aromatic heterocycles. The lowest BCUT2D eigenvalue weighted by Crippen LogP contribution is -2.50. The van der Waals surface area contributed by atoms with Gasteiger partial charge in [0.2, 0.25) is 0 Å². The highest BCUT2D eigenvalue weighted by Crippen LogP contribution is 2.29. The third kappa shape index (κ3) is 4.33. The van der Waals surface area contributed by atoms with Crippen LogP contribution in [0.15, 0.2) is 60.8 Å². The number of piperazine rings is 1. The molecule has 1 N–H and O–H groups in total. The van der Waals surface area contributed by atoms with E-state index in [2.05, 4.69) is 59.9 Å². The van der Waals surface area contributed by atoms with Crippen LogP contribution >= 0.6 is 0 Å². The number of imidazole rings is 1. The molecule has 6 heteroatoms. The van der Waals surface area contributed by atoms with Crippen molar-refractivity contribution in [1.82, 2.24) is 24.8 Å². The fourth-order valence-corrected chi connectivity index (χ4v) is 4.59. The van der Waals surface area contributed by atoms with Crippen molar-refractivity contribution in [2.75, 3.05) is 26.2 Å². The Kier molecular flexibility index (Phi) is 6.16. The fraction of sp³-hybridized carbons (Fsp3) is 0.321. The van der Waals surface area contributed by atoms with Crippen LogP contribution in [0.3, 0.4) is 0 Å². The average Bonchev–Trinajstić information content (AvgIpc) is 3.33. The summed E-state index contributed by atoms with van der Waals surface area (Å²) in [5.74, 6) is 0.851. The van der Waals surface area contributed by atoms with Gasteiger partial charge in [0, 0.05) is 55.1 Å². The van der Waals surface area contributed by atoms with Crippen molar-refractivity contribution < 1.29 is 4.79 Å². The summed E-state index contributed by atoms with van der Waals surface area (Å²) in [4.78, 5) is 30.1.